The molecule has 0 bridgehead atoms. The van der Waals surface area contributed by atoms with Crippen LogP contribution < -0.4 is 11.1 Å². The molecule has 0 spiro atoms. The average molecular weight is 208 g/mol. The van der Waals surface area contributed by atoms with Crippen LogP contribution in [0, 0.1) is 0 Å². The summed E-state index contributed by atoms with van der Waals surface area (Å²) in [5, 5.41) is 7.52. The van der Waals surface area contributed by atoms with Crippen LogP contribution in [0.1, 0.15) is 41.6 Å². The maximum atomic E-state index is 11.2. The number of carbonyl (C=O) groups excluding carboxylic acids is 1. The quantitative estimate of drug-likeness (QED) is 0.729. The van der Waals surface area contributed by atoms with Gasteiger partial charge in [0.1, 0.15) is 0 Å². The van der Waals surface area contributed by atoms with Crippen LogP contribution in [-0.2, 0) is 13.0 Å². The van der Waals surface area contributed by atoms with Crippen molar-refractivity contribution in [1.82, 2.24) is 15.1 Å². The fourth-order valence-electron chi connectivity index (χ4n) is 2.00. The molecule has 2 heterocycles. The molecule has 15 heavy (non-hydrogen) atoms. The highest BCUT2D eigenvalue weighted by Gasteiger charge is 2.24. The standard InChI is InChI=1S/C10H16N4O/c1-6(2)14-8-3-4-12-5-7(8)9(13-14)10(11)15/h6,12H,3-5H2,1-2H3,(H2,11,15). The van der Waals surface area contributed by atoms with E-state index in [2.05, 4.69) is 24.3 Å². The summed E-state index contributed by atoms with van der Waals surface area (Å²) in [6, 6.07) is 0.268. The Morgan fingerprint density at radius 3 is 2.93 bits per heavy atom. The van der Waals surface area contributed by atoms with Gasteiger partial charge in [0.2, 0.25) is 0 Å². The van der Waals surface area contributed by atoms with Gasteiger partial charge in [-0.1, -0.05) is 0 Å². The molecule has 0 aliphatic carbocycles. The number of amides is 1. The second-order valence-corrected chi connectivity index (χ2v) is 4.10. The van der Waals surface area contributed by atoms with Gasteiger partial charge in [-0.2, -0.15) is 5.10 Å². The minimum Gasteiger partial charge on any atom is -0.364 e. The van der Waals surface area contributed by atoms with Gasteiger partial charge in [0.05, 0.1) is 0 Å². The molecule has 2 rings (SSSR count). The Balaban J connectivity index is 2.54. The molecule has 0 radical (unpaired) electrons. The van der Waals surface area contributed by atoms with E-state index in [9.17, 15) is 4.79 Å². The topological polar surface area (TPSA) is 72.9 Å². The van der Waals surface area contributed by atoms with Crippen LogP contribution in [0.3, 0.4) is 0 Å². The molecule has 3 N–H and O–H groups in total. The van der Waals surface area contributed by atoms with Gasteiger partial charge < -0.3 is 11.1 Å². The van der Waals surface area contributed by atoms with Crippen molar-refractivity contribution < 1.29 is 4.79 Å². The number of carbonyl (C=O) groups is 1. The van der Waals surface area contributed by atoms with Crippen molar-refractivity contribution in [3.05, 3.63) is 17.0 Å². The third kappa shape index (κ3) is 1.63. The van der Waals surface area contributed by atoms with Crippen molar-refractivity contribution in [2.75, 3.05) is 6.54 Å². The number of nitrogens with two attached hydrogens (primary N) is 1. The number of nitrogens with zero attached hydrogens (tertiary/aromatic N) is 2. The summed E-state index contributed by atoms with van der Waals surface area (Å²) in [4.78, 5) is 11.2. The molecule has 0 saturated heterocycles. The van der Waals surface area contributed by atoms with E-state index in [1.54, 1.807) is 0 Å². The number of hydrogen-bond donors (Lipinski definition) is 2. The molecule has 5 heteroatoms. The van der Waals surface area contributed by atoms with Crippen molar-refractivity contribution in [3.63, 3.8) is 0 Å². The van der Waals surface area contributed by atoms with Gasteiger partial charge in [0.25, 0.3) is 5.91 Å². The Morgan fingerprint density at radius 2 is 2.33 bits per heavy atom. The largest absolute Gasteiger partial charge is 0.364 e. The van der Waals surface area contributed by atoms with Gasteiger partial charge in [-0.25, -0.2) is 0 Å². The van der Waals surface area contributed by atoms with E-state index < -0.39 is 5.91 Å². The lowest BCUT2D eigenvalue weighted by Gasteiger charge is -2.17. The van der Waals surface area contributed by atoms with Crippen molar-refractivity contribution in [2.24, 2.45) is 5.73 Å². The smallest absolute Gasteiger partial charge is 0.269 e. The second kappa shape index (κ2) is 3.66. The molecule has 0 unspecified atom stereocenters. The van der Waals surface area contributed by atoms with Crippen LogP contribution in [-0.4, -0.2) is 22.2 Å². The van der Waals surface area contributed by atoms with Crippen LogP contribution in [0.15, 0.2) is 0 Å². The van der Waals surface area contributed by atoms with Gasteiger partial charge in [-0.15, -0.1) is 0 Å². The van der Waals surface area contributed by atoms with Crippen LogP contribution in [0.2, 0.25) is 0 Å². The van der Waals surface area contributed by atoms with E-state index in [0.29, 0.717) is 12.2 Å². The maximum absolute atomic E-state index is 11.2. The lowest BCUT2D eigenvalue weighted by atomic mass is 10.1. The van der Waals surface area contributed by atoms with Crippen molar-refractivity contribution >= 4 is 5.91 Å². The number of aromatic nitrogens is 2. The molecule has 1 aliphatic rings. The first-order valence-electron chi connectivity index (χ1n) is 5.22. The molecular formula is C10H16N4O. The van der Waals surface area contributed by atoms with Crippen LogP contribution in [0.4, 0.5) is 0 Å². The first-order valence-corrected chi connectivity index (χ1v) is 5.22. The van der Waals surface area contributed by atoms with Crippen LogP contribution in [0.5, 0.6) is 0 Å². The van der Waals surface area contributed by atoms with Gasteiger partial charge in [-0.05, 0) is 13.8 Å². The molecule has 5 nitrogen and oxygen atoms in total. The van der Waals surface area contributed by atoms with Crippen molar-refractivity contribution in [1.29, 1.82) is 0 Å². The molecule has 1 amide bonds. The lowest BCUT2D eigenvalue weighted by molar-refractivity contribution is 0.0993. The number of primary amides is 1. The first kappa shape index (κ1) is 10.2. The highest BCUT2D eigenvalue weighted by atomic mass is 16.1. The minimum absolute atomic E-state index is 0.268. The van der Waals surface area contributed by atoms with E-state index in [1.165, 1.54) is 0 Å². The molecule has 1 aromatic rings. The summed E-state index contributed by atoms with van der Waals surface area (Å²) < 4.78 is 1.91. The monoisotopic (exact) mass is 208 g/mol. The SMILES string of the molecule is CC(C)n1nc(C(N)=O)c2c1CCNC2. The Hall–Kier alpha value is -1.36. The van der Waals surface area contributed by atoms with Crippen molar-refractivity contribution in [3.8, 4) is 0 Å². The van der Waals surface area contributed by atoms with Gasteiger partial charge in [-0.3, -0.25) is 9.48 Å². The molecule has 1 aliphatic heterocycles. The number of rotatable bonds is 2. The molecule has 82 valence electrons. The molecule has 0 aromatic carbocycles. The Labute approximate surface area is 88.6 Å². The summed E-state index contributed by atoms with van der Waals surface area (Å²) in [6.07, 6.45) is 0.911. The fraction of sp³-hybridized carbons (Fsp3) is 0.600. The normalized spacial score (nSPS) is 15.4. The summed E-state index contributed by atoms with van der Waals surface area (Å²) >= 11 is 0. The third-order valence-corrected chi connectivity index (χ3v) is 2.68. The number of hydrogen-bond acceptors (Lipinski definition) is 3. The first-order chi connectivity index (χ1) is 7.11. The average Bonchev–Trinajstić information content (AvgIpc) is 2.56. The van der Waals surface area contributed by atoms with Crippen LogP contribution in [0.25, 0.3) is 0 Å². The van der Waals surface area contributed by atoms with Crippen LogP contribution >= 0.6 is 0 Å². The predicted octanol–water partition coefficient (Wildman–Crippen LogP) is 0.209. The maximum Gasteiger partial charge on any atom is 0.269 e. The Kier molecular flexibility index (Phi) is 2.48. The number of fused-ring (bicyclic) bond motifs is 1. The number of nitrogens with one attached hydrogen (secondary N) is 1. The third-order valence-electron chi connectivity index (χ3n) is 2.68. The second-order valence-electron chi connectivity index (χ2n) is 4.10. The minimum atomic E-state index is -0.436. The fourth-order valence-corrected chi connectivity index (χ4v) is 2.00. The van der Waals surface area contributed by atoms with E-state index in [4.69, 9.17) is 5.73 Å². The summed E-state index contributed by atoms with van der Waals surface area (Å²) in [5.74, 6) is -0.436. The van der Waals surface area contributed by atoms with Gasteiger partial charge in [0.15, 0.2) is 5.69 Å². The van der Waals surface area contributed by atoms with Crippen molar-refractivity contribution in [2.45, 2.75) is 32.9 Å². The molecule has 0 fully saturated rings. The Bertz CT molecular complexity index is 394. The highest BCUT2D eigenvalue weighted by Crippen LogP contribution is 2.21. The van der Waals surface area contributed by atoms with E-state index in [1.807, 2.05) is 4.68 Å². The summed E-state index contributed by atoms with van der Waals surface area (Å²) in [5.41, 5.74) is 7.86. The molecule has 1 aromatic heterocycles. The van der Waals surface area contributed by atoms with Gasteiger partial charge >= 0.3 is 0 Å². The summed E-state index contributed by atoms with van der Waals surface area (Å²) in [7, 11) is 0. The molecule has 0 atom stereocenters. The van der Waals surface area contributed by atoms with E-state index in [0.717, 1.165) is 24.2 Å². The zero-order valence-corrected chi connectivity index (χ0v) is 9.08. The predicted molar refractivity (Wildman–Crippen MR) is 56.5 cm³/mol. The van der Waals surface area contributed by atoms with E-state index in [-0.39, 0.29) is 6.04 Å². The lowest BCUT2D eigenvalue weighted by Crippen LogP contribution is -2.26. The highest BCUT2D eigenvalue weighted by molar-refractivity contribution is 5.92. The Morgan fingerprint density at radius 1 is 1.60 bits per heavy atom. The zero-order chi connectivity index (χ0) is 11.0. The van der Waals surface area contributed by atoms with Gasteiger partial charge in [0, 0.05) is 36.8 Å². The summed E-state index contributed by atoms with van der Waals surface area (Å²) in [6.45, 7) is 5.74. The zero-order valence-electron chi connectivity index (χ0n) is 9.08. The molecular weight excluding hydrogens is 192 g/mol. The molecule has 0 saturated carbocycles. The van der Waals surface area contributed by atoms with E-state index >= 15 is 0 Å².